The number of aryl methyl sites for hydroxylation is 2. The number of benzene rings is 3. The summed E-state index contributed by atoms with van der Waals surface area (Å²) in [6.45, 7) is 5.26. The first-order valence-electron chi connectivity index (χ1n) is 12.9. The highest BCUT2D eigenvalue weighted by Crippen LogP contribution is 2.25. The van der Waals surface area contributed by atoms with Crippen molar-refractivity contribution in [3.05, 3.63) is 101 Å². The Morgan fingerprint density at radius 1 is 0.974 bits per heavy atom. The Labute approximate surface area is 230 Å². The van der Waals surface area contributed by atoms with Gasteiger partial charge in [0.05, 0.1) is 11.9 Å². The maximum Gasteiger partial charge on any atom is 0.244 e. The van der Waals surface area contributed by atoms with E-state index < -0.39 is 34.3 Å². The van der Waals surface area contributed by atoms with Crippen LogP contribution in [0.15, 0.2) is 72.8 Å². The van der Waals surface area contributed by atoms with Crippen molar-refractivity contribution in [1.29, 1.82) is 0 Å². The fourth-order valence-electron chi connectivity index (χ4n) is 4.41. The number of nitrogens with one attached hydrogen (secondary N) is 1. The highest BCUT2D eigenvalue weighted by atomic mass is 32.2. The summed E-state index contributed by atoms with van der Waals surface area (Å²) in [6, 6.07) is 19.6. The number of rotatable bonds is 12. The molecule has 0 saturated carbocycles. The Morgan fingerprint density at radius 3 is 2.26 bits per heavy atom. The van der Waals surface area contributed by atoms with E-state index in [1.165, 1.54) is 11.0 Å². The van der Waals surface area contributed by atoms with Crippen LogP contribution in [0.5, 0.6) is 0 Å². The number of nitrogens with zero attached hydrogens (tertiary/aromatic N) is 2. The largest absolute Gasteiger partial charge is 0.354 e. The van der Waals surface area contributed by atoms with Gasteiger partial charge in [-0.3, -0.25) is 13.9 Å². The van der Waals surface area contributed by atoms with E-state index >= 15 is 0 Å². The molecule has 1 unspecified atom stereocenters. The SMILES string of the molecule is CCCNC(=O)C(Cc1ccccc1)N(Cc1ccccc1F)C(=O)CN(c1ccc(C)cc1C)S(C)(=O)=O. The lowest BCUT2D eigenvalue weighted by atomic mass is 10.0. The van der Waals surface area contributed by atoms with Gasteiger partial charge in [0.1, 0.15) is 18.4 Å². The molecule has 1 atom stereocenters. The molecule has 0 saturated heterocycles. The summed E-state index contributed by atoms with van der Waals surface area (Å²) in [5.74, 6) is -1.52. The van der Waals surface area contributed by atoms with E-state index in [1.807, 2.05) is 50.2 Å². The normalized spacial score (nSPS) is 12.0. The molecular formula is C30H36FN3O4S. The van der Waals surface area contributed by atoms with Gasteiger partial charge in [-0.15, -0.1) is 0 Å². The minimum absolute atomic E-state index is 0.180. The fraction of sp³-hybridized carbons (Fsp3) is 0.333. The summed E-state index contributed by atoms with van der Waals surface area (Å²) in [7, 11) is -3.87. The Balaban J connectivity index is 2.07. The summed E-state index contributed by atoms with van der Waals surface area (Å²) in [5, 5.41) is 2.86. The summed E-state index contributed by atoms with van der Waals surface area (Å²) in [6.07, 6.45) is 1.91. The Bertz CT molecular complexity index is 1400. The second kappa shape index (κ2) is 13.4. The van der Waals surface area contributed by atoms with E-state index in [1.54, 1.807) is 37.3 Å². The molecule has 0 aromatic heterocycles. The molecule has 3 aromatic carbocycles. The maximum atomic E-state index is 14.8. The van der Waals surface area contributed by atoms with Crippen LogP contribution >= 0.6 is 0 Å². The molecule has 0 radical (unpaired) electrons. The van der Waals surface area contributed by atoms with Crippen LogP contribution in [0, 0.1) is 19.7 Å². The number of halogens is 1. The van der Waals surface area contributed by atoms with Crippen molar-refractivity contribution in [3.8, 4) is 0 Å². The molecule has 0 heterocycles. The van der Waals surface area contributed by atoms with Gasteiger partial charge in [-0.05, 0) is 43.5 Å². The van der Waals surface area contributed by atoms with Gasteiger partial charge in [-0.25, -0.2) is 12.8 Å². The number of carbonyl (C=O) groups excluding carboxylic acids is 2. The van der Waals surface area contributed by atoms with Gasteiger partial charge >= 0.3 is 0 Å². The molecule has 39 heavy (non-hydrogen) atoms. The van der Waals surface area contributed by atoms with E-state index in [0.29, 0.717) is 24.2 Å². The zero-order valence-corrected chi connectivity index (χ0v) is 23.7. The molecular weight excluding hydrogens is 517 g/mol. The number of sulfonamides is 1. The molecule has 0 fully saturated rings. The Morgan fingerprint density at radius 2 is 1.64 bits per heavy atom. The van der Waals surface area contributed by atoms with E-state index in [-0.39, 0.29) is 24.4 Å². The van der Waals surface area contributed by atoms with Crippen molar-refractivity contribution in [2.24, 2.45) is 0 Å². The lowest BCUT2D eigenvalue weighted by Crippen LogP contribution is -2.53. The van der Waals surface area contributed by atoms with Crippen LogP contribution in [0.3, 0.4) is 0 Å². The van der Waals surface area contributed by atoms with Crippen molar-refractivity contribution < 1.29 is 22.4 Å². The maximum absolute atomic E-state index is 14.8. The smallest absolute Gasteiger partial charge is 0.244 e. The number of carbonyl (C=O) groups is 2. The average molecular weight is 554 g/mol. The molecule has 0 aliphatic rings. The van der Waals surface area contributed by atoms with E-state index in [0.717, 1.165) is 21.7 Å². The monoisotopic (exact) mass is 553 g/mol. The van der Waals surface area contributed by atoms with Gasteiger partial charge in [-0.1, -0.05) is 73.2 Å². The van der Waals surface area contributed by atoms with Crippen LogP contribution in [0.25, 0.3) is 0 Å². The van der Waals surface area contributed by atoms with Crippen LogP contribution < -0.4 is 9.62 Å². The van der Waals surface area contributed by atoms with Crippen molar-refractivity contribution >= 4 is 27.5 Å². The van der Waals surface area contributed by atoms with Gasteiger partial charge in [0, 0.05) is 25.1 Å². The van der Waals surface area contributed by atoms with Gasteiger partial charge in [-0.2, -0.15) is 0 Å². The van der Waals surface area contributed by atoms with Gasteiger partial charge in [0.15, 0.2) is 0 Å². The number of hydrogen-bond donors (Lipinski definition) is 1. The molecule has 7 nitrogen and oxygen atoms in total. The van der Waals surface area contributed by atoms with E-state index in [9.17, 15) is 22.4 Å². The van der Waals surface area contributed by atoms with E-state index in [2.05, 4.69) is 5.32 Å². The van der Waals surface area contributed by atoms with Gasteiger partial charge in [0.25, 0.3) is 0 Å². The third-order valence-corrected chi connectivity index (χ3v) is 7.55. The molecule has 9 heteroatoms. The number of anilines is 1. The van der Waals surface area contributed by atoms with Gasteiger partial charge < -0.3 is 10.2 Å². The summed E-state index contributed by atoms with van der Waals surface area (Å²) in [5.41, 5.74) is 3.06. The van der Waals surface area contributed by atoms with Crippen LogP contribution in [0.4, 0.5) is 10.1 Å². The van der Waals surface area contributed by atoms with Crippen molar-refractivity contribution in [2.75, 3.05) is 23.7 Å². The van der Waals surface area contributed by atoms with Crippen LogP contribution in [0.1, 0.15) is 35.6 Å². The van der Waals surface area contributed by atoms with Crippen LogP contribution in [0.2, 0.25) is 0 Å². The predicted octanol–water partition coefficient (Wildman–Crippen LogP) is 4.37. The average Bonchev–Trinajstić information content (AvgIpc) is 2.89. The second-order valence-corrected chi connectivity index (χ2v) is 11.6. The first-order chi connectivity index (χ1) is 18.5. The molecule has 0 aliphatic carbocycles. The molecule has 0 bridgehead atoms. The van der Waals surface area contributed by atoms with Crippen molar-refractivity contribution in [2.45, 2.75) is 46.2 Å². The highest BCUT2D eigenvalue weighted by Gasteiger charge is 2.33. The summed E-state index contributed by atoms with van der Waals surface area (Å²) in [4.78, 5) is 28.7. The minimum atomic E-state index is -3.87. The van der Waals surface area contributed by atoms with Crippen molar-refractivity contribution in [3.63, 3.8) is 0 Å². The third-order valence-electron chi connectivity index (χ3n) is 6.42. The Hall–Kier alpha value is -3.72. The third kappa shape index (κ3) is 8.13. The molecule has 0 aliphatic heterocycles. The lowest BCUT2D eigenvalue weighted by molar-refractivity contribution is -0.140. The Kier molecular flexibility index (Phi) is 10.2. The zero-order valence-electron chi connectivity index (χ0n) is 22.9. The zero-order chi connectivity index (χ0) is 28.6. The van der Waals surface area contributed by atoms with E-state index in [4.69, 9.17) is 0 Å². The first-order valence-corrected chi connectivity index (χ1v) is 14.8. The predicted molar refractivity (Wildman–Crippen MR) is 152 cm³/mol. The second-order valence-electron chi connectivity index (χ2n) is 9.67. The van der Waals surface area contributed by atoms with Crippen LogP contribution in [-0.2, 0) is 32.6 Å². The number of amides is 2. The number of hydrogen-bond acceptors (Lipinski definition) is 4. The minimum Gasteiger partial charge on any atom is -0.354 e. The van der Waals surface area contributed by atoms with Gasteiger partial charge in [0.2, 0.25) is 21.8 Å². The van der Waals surface area contributed by atoms with Crippen molar-refractivity contribution in [1.82, 2.24) is 10.2 Å². The highest BCUT2D eigenvalue weighted by molar-refractivity contribution is 7.92. The fourth-order valence-corrected chi connectivity index (χ4v) is 5.32. The lowest BCUT2D eigenvalue weighted by Gasteiger charge is -2.34. The molecule has 3 rings (SSSR count). The van der Waals surface area contributed by atoms with Crippen LogP contribution in [-0.4, -0.2) is 50.5 Å². The molecule has 1 N–H and O–H groups in total. The molecule has 208 valence electrons. The molecule has 2 amide bonds. The topological polar surface area (TPSA) is 86.8 Å². The molecule has 0 spiro atoms. The molecule has 3 aromatic rings. The summed E-state index contributed by atoms with van der Waals surface area (Å²) < 4.78 is 41.6. The quantitative estimate of drug-likeness (QED) is 0.361. The first kappa shape index (κ1) is 29.8. The standard InChI is InChI=1S/C30H36FN3O4S/c1-5-17-32-30(36)28(19-24-11-7-6-8-12-24)33(20-25-13-9-10-14-26(25)31)29(35)21-34(39(4,37)38)27-16-15-22(2)18-23(27)3/h6-16,18,28H,5,17,19-21H2,1-4H3,(H,32,36). The summed E-state index contributed by atoms with van der Waals surface area (Å²) >= 11 is 0.